The van der Waals surface area contributed by atoms with Crippen LogP contribution in [0.1, 0.15) is 12.8 Å². The minimum absolute atomic E-state index is 0.0579. The number of rotatable bonds is 1. The van der Waals surface area contributed by atoms with Crippen molar-refractivity contribution in [3.63, 3.8) is 0 Å². The molecule has 3 heteroatoms. The third-order valence-electron chi connectivity index (χ3n) is 2.56. The van der Waals surface area contributed by atoms with Gasteiger partial charge < -0.3 is 9.47 Å². The molecule has 2 fully saturated rings. The predicted octanol–water partition coefficient (Wildman–Crippen LogP) is 0.584. The SMILES string of the molecule is COC(=O)[C@@H]1[C@@H]2CCCO[C@@H]21. The van der Waals surface area contributed by atoms with E-state index in [1.165, 1.54) is 7.11 Å². The molecule has 2 aliphatic rings. The molecule has 62 valence electrons. The van der Waals surface area contributed by atoms with Gasteiger partial charge in [-0.05, 0) is 12.8 Å². The Hall–Kier alpha value is -0.570. The Kier molecular flexibility index (Phi) is 1.60. The van der Waals surface area contributed by atoms with Gasteiger partial charge in [0.05, 0.1) is 19.1 Å². The summed E-state index contributed by atoms with van der Waals surface area (Å²) in [5.74, 6) is 0.431. The lowest BCUT2D eigenvalue weighted by molar-refractivity contribution is -0.143. The fourth-order valence-corrected chi connectivity index (χ4v) is 1.90. The van der Waals surface area contributed by atoms with Crippen molar-refractivity contribution in [2.24, 2.45) is 11.8 Å². The van der Waals surface area contributed by atoms with Crippen molar-refractivity contribution in [2.75, 3.05) is 13.7 Å². The second-order valence-electron chi connectivity index (χ2n) is 3.19. The van der Waals surface area contributed by atoms with E-state index in [1.807, 2.05) is 0 Å². The molecule has 0 aromatic heterocycles. The topological polar surface area (TPSA) is 35.5 Å². The Morgan fingerprint density at radius 2 is 2.45 bits per heavy atom. The number of hydrogen-bond donors (Lipinski definition) is 0. The molecule has 3 nitrogen and oxygen atoms in total. The molecule has 0 amide bonds. The molecule has 0 aromatic carbocycles. The molecule has 0 unspecified atom stereocenters. The molecule has 1 saturated heterocycles. The van der Waals surface area contributed by atoms with Crippen LogP contribution in [0, 0.1) is 11.8 Å². The number of methoxy groups -OCH3 is 1. The van der Waals surface area contributed by atoms with E-state index < -0.39 is 0 Å². The number of ether oxygens (including phenoxy) is 2. The van der Waals surface area contributed by atoms with Gasteiger partial charge >= 0.3 is 5.97 Å². The lowest BCUT2D eigenvalue weighted by Gasteiger charge is -2.07. The lowest BCUT2D eigenvalue weighted by atomic mass is 10.2. The summed E-state index contributed by atoms with van der Waals surface area (Å²) in [6.45, 7) is 0.814. The molecule has 1 heterocycles. The van der Waals surface area contributed by atoms with E-state index in [1.54, 1.807) is 0 Å². The van der Waals surface area contributed by atoms with Gasteiger partial charge in [0, 0.05) is 12.5 Å². The monoisotopic (exact) mass is 156 g/mol. The van der Waals surface area contributed by atoms with Gasteiger partial charge in [0.25, 0.3) is 0 Å². The number of hydrogen-bond acceptors (Lipinski definition) is 3. The van der Waals surface area contributed by atoms with E-state index in [9.17, 15) is 4.79 Å². The summed E-state index contributed by atoms with van der Waals surface area (Å²) in [6.07, 6.45) is 2.41. The van der Waals surface area contributed by atoms with Crippen molar-refractivity contribution >= 4 is 5.97 Å². The van der Waals surface area contributed by atoms with Gasteiger partial charge in [-0.1, -0.05) is 0 Å². The molecule has 2 rings (SSSR count). The molecule has 1 aliphatic heterocycles. The summed E-state index contributed by atoms with van der Waals surface area (Å²) in [7, 11) is 1.44. The van der Waals surface area contributed by atoms with Crippen molar-refractivity contribution in [1.29, 1.82) is 0 Å². The van der Waals surface area contributed by atoms with Crippen LogP contribution in [0.3, 0.4) is 0 Å². The summed E-state index contributed by atoms with van der Waals surface area (Å²) in [6, 6.07) is 0. The van der Waals surface area contributed by atoms with Crippen LogP contribution in [0.15, 0.2) is 0 Å². The summed E-state index contributed by atoms with van der Waals surface area (Å²) in [5.41, 5.74) is 0. The molecular formula is C8H12O3. The third-order valence-corrected chi connectivity index (χ3v) is 2.56. The Labute approximate surface area is 65.7 Å². The Morgan fingerprint density at radius 3 is 3.00 bits per heavy atom. The standard InChI is InChI=1S/C8H12O3/c1-10-8(9)6-5-3-2-4-11-7(5)6/h5-7H,2-4H2,1H3/t5-,6+,7-/m0/s1. The van der Waals surface area contributed by atoms with E-state index >= 15 is 0 Å². The van der Waals surface area contributed by atoms with Crippen LogP contribution in [-0.4, -0.2) is 25.8 Å². The second kappa shape index (κ2) is 2.48. The van der Waals surface area contributed by atoms with Gasteiger partial charge in [0.1, 0.15) is 0 Å². The maximum Gasteiger partial charge on any atom is 0.311 e. The summed E-state index contributed by atoms with van der Waals surface area (Å²) < 4.78 is 10.0. The summed E-state index contributed by atoms with van der Waals surface area (Å²) in [5, 5.41) is 0. The smallest absolute Gasteiger partial charge is 0.311 e. The summed E-state index contributed by atoms with van der Waals surface area (Å²) >= 11 is 0. The highest BCUT2D eigenvalue weighted by atomic mass is 16.5. The molecule has 1 saturated carbocycles. The number of fused-ring (bicyclic) bond motifs is 1. The van der Waals surface area contributed by atoms with Crippen LogP contribution in [0.2, 0.25) is 0 Å². The average molecular weight is 156 g/mol. The highest BCUT2D eigenvalue weighted by Crippen LogP contribution is 2.48. The first-order chi connectivity index (χ1) is 5.34. The molecule has 0 radical (unpaired) electrons. The zero-order chi connectivity index (χ0) is 7.84. The first-order valence-corrected chi connectivity index (χ1v) is 4.04. The van der Waals surface area contributed by atoms with E-state index in [4.69, 9.17) is 4.74 Å². The molecule has 0 spiro atoms. The predicted molar refractivity (Wildman–Crippen MR) is 38.0 cm³/mol. The first kappa shape index (κ1) is 7.10. The van der Waals surface area contributed by atoms with Crippen LogP contribution in [-0.2, 0) is 14.3 Å². The fraction of sp³-hybridized carbons (Fsp3) is 0.875. The van der Waals surface area contributed by atoms with Gasteiger partial charge in [-0.15, -0.1) is 0 Å². The van der Waals surface area contributed by atoms with Gasteiger partial charge in [0.2, 0.25) is 0 Å². The molecule has 1 aliphatic carbocycles. The Morgan fingerprint density at radius 1 is 1.64 bits per heavy atom. The van der Waals surface area contributed by atoms with Crippen LogP contribution >= 0.6 is 0 Å². The molecule has 0 aromatic rings. The molecule has 11 heavy (non-hydrogen) atoms. The zero-order valence-electron chi connectivity index (χ0n) is 6.58. The van der Waals surface area contributed by atoms with E-state index in [0.717, 1.165) is 19.4 Å². The van der Waals surface area contributed by atoms with Crippen molar-refractivity contribution in [3.8, 4) is 0 Å². The van der Waals surface area contributed by atoms with Crippen molar-refractivity contribution < 1.29 is 14.3 Å². The van der Waals surface area contributed by atoms with Crippen LogP contribution < -0.4 is 0 Å². The highest BCUT2D eigenvalue weighted by Gasteiger charge is 2.57. The van der Waals surface area contributed by atoms with E-state index in [2.05, 4.69) is 4.74 Å². The van der Waals surface area contributed by atoms with Crippen molar-refractivity contribution in [2.45, 2.75) is 18.9 Å². The lowest BCUT2D eigenvalue weighted by Crippen LogP contribution is -2.08. The van der Waals surface area contributed by atoms with Crippen molar-refractivity contribution in [3.05, 3.63) is 0 Å². The Balaban J connectivity index is 1.94. The second-order valence-corrected chi connectivity index (χ2v) is 3.19. The van der Waals surface area contributed by atoms with Gasteiger partial charge in [-0.3, -0.25) is 4.79 Å². The number of carbonyl (C=O) groups is 1. The van der Waals surface area contributed by atoms with Gasteiger partial charge in [-0.2, -0.15) is 0 Å². The third kappa shape index (κ3) is 1.03. The Bertz CT molecular complexity index is 166. The minimum atomic E-state index is -0.0955. The maximum atomic E-state index is 11.0. The van der Waals surface area contributed by atoms with Crippen molar-refractivity contribution in [1.82, 2.24) is 0 Å². The summed E-state index contributed by atoms with van der Waals surface area (Å²) in [4.78, 5) is 11.0. The maximum absolute atomic E-state index is 11.0. The zero-order valence-corrected chi connectivity index (χ0v) is 6.58. The molecule has 3 atom stereocenters. The minimum Gasteiger partial charge on any atom is -0.469 e. The number of carbonyl (C=O) groups excluding carboxylic acids is 1. The number of esters is 1. The van der Waals surface area contributed by atoms with Crippen LogP contribution in [0.25, 0.3) is 0 Å². The average Bonchev–Trinajstić information content (AvgIpc) is 2.77. The normalized spacial score (nSPS) is 41.0. The van der Waals surface area contributed by atoms with Crippen LogP contribution in [0.4, 0.5) is 0 Å². The highest BCUT2D eigenvalue weighted by molar-refractivity contribution is 5.77. The van der Waals surface area contributed by atoms with Gasteiger partial charge in [-0.25, -0.2) is 0 Å². The van der Waals surface area contributed by atoms with E-state index in [-0.39, 0.29) is 18.0 Å². The largest absolute Gasteiger partial charge is 0.469 e. The van der Waals surface area contributed by atoms with Gasteiger partial charge in [0.15, 0.2) is 0 Å². The first-order valence-electron chi connectivity index (χ1n) is 4.04. The van der Waals surface area contributed by atoms with E-state index in [0.29, 0.717) is 5.92 Å². The quantitative estimate of drug-likeness (QED) is 0.521. The van der Waals surface area contributed by atoms with Crippen LogP contribution in [0.5, 0.6) is 0 Å². The fourth-order valence-electron chi connectivity index (χ4n) is 1.90. The molecular weight excluding hydrogens is 144 g/mol. The molecule has 0 bridgehead atoms. The molecule has 0 N–H and O–H groups in total.